The highest BCUT2D eigenvalue weighted by Crippen LogP contribution is 2.34. The molecule has 0 aliphatic heterocycles. The molecule has 0 spiro atoms. The fourth-order valence-electron chi connectivity index (χ4n) is 2.97. The van der Waals surface area contributed by atoms with E-state index in [9.17, 15) is 4.79 Å². The van der Waals surface area contributed by atoms with Gasteiger partial charge in [0.1, 0.15) is 10.7 Å². The lowest BCUT2D eigenvalue weighted by molar-refractivity contribution is 0.634. The van der Waals surface area contributed by atoms with Crippen molar-refractivity contribution in [2.45, 2.75) is 19.4 Å². The second-order valence-corrected chi connectivity index (χ2v) is 7.63. The zero-order chi connectivity index (χ0) is 17.9. The average molecular weight is 377 g/mol. The summed E-state index contributed by atoms with van der Waals surface area (Å²) in [5, 5.41) is 13.6. The lowest BCUT2D eigenvalue weighted by atomic mass is 10.1. The minimum Gasteiger partial charge on any atom is -0.292 e. The van der Waals surface area contributed by atoms with Gasteiger partial charge in [-0.05, 0) is 17.9 Å². The Morgan fingerprint density at radius 1 is 1.12 bits per heavy atom. The van der Waals surface area contributed by atoms with Crippen LogP contribution in [0.2, 0.25) is 0 Å². The number of nitriles is 1. The molecule has 1 aromatic carbocycles. The van der Waals surface area contributed by atoms with E-state index in [-0.39, 0.29) is 5.56 Å². The molecule has 0 unspecified atom stereocenters. The van der Waals surface area contributed by atoms with Crippen molar-refractivity contribution >= 4 is 32.9 Å². The fraction of sp³-hybridized carbons (Fsp3) is 0.150. The molecule has 0 aliphatic rings. The molecule has 3 aromatic heterocycles. The Bertz CT molecular complexity index is 1140. The Kier molecular flexibility index (Phi) is 4.65. The van der Waals surface area contributed by atoms with Gasteiger partial charge in [0.15, 0.2) is 0 Å². The fourth-order valence-corrected chi connectivity index (χ4v) is 4.72. The van der Waals surface area contributed by atoms with Crippen molar-refractivity contribution in [3.05, 3.63) is 63.6 Å². The van der Waals surface area contributed by atoms with Gasteiger partial charge in [0.25, 0.3) is 5.56 Å². The van der Waals surface area contributed by atoms with Gasteiger partial charge in [-0.1, -0.05) is 36.4 Å². The number of benzene rings is 1. The molecule has 0 radical (unpaired) electrons. The van der Waals surface area contributed by atoms with Crippen LogP contribution in [-0.2, 0) is 6.54 Å². The van der Waals surface area contributed by atoms with Crippen molar-refractivity contribution < 1.29 is 0 Å². The maximum atomic E-state index is 13.3. The maximum absolute atomic E-state index is 13.3. The molecule has 0 bridgehead atoms. The standard InChI is InChI=1S/C20H15N3OS2/c21-10-4-5-11-23-18(14-7-2-1-3-8-14)22-19-17(20(23)24)15(13-26-19)16-9-6-12-25-16/h1-3,6-9,12-13H,4-5,11H2. The van der Waals surface area contributed by atoms with Crippen LogP contribution < -0.4 is 5.56 Å². The largest absolute Gasteiger partial charge is 0.292 e. The highest BCUT2D eigenvalue weighted by atomic mass is 32.1. The van der Waals surface area contributed by atoms with Crippen LogP contribution in [0.5, 0.6) is 0 Å². The summed E-state index contributed by atoms with van der Waals surface area (Å²) in [5.41, 5.74) is 1.83. The summed E-state index contributed by atoms with van der Waals surface area (Å²) >= 11 is 3.12. The second kappa shape index (κ2) is 7.24. The number of aromatic nitrogens is 2. The molecule has 0 saturated heterocycles. The van der Waals surface area contributed by atoms with Crippen molar-refractivity contribution in [2.75, 3.05) is 0 Å². The number of thiophene rings is 2. The first kappa shape index (κ1) is 16.7. The predicted octanol–water partition coefficient (Wildman–Crippen LogP) is 5.16. The molecular weight excluding hydrogens is 362 g/mol. The first-order chi connectivity index (χ1) is 12.8. The molecule has 0 N–H and O–H groups in total. The molecule has 4 nitrogen and oxygen atoms in total. The van der Waals surface area contributed by atoms with Gasteiger partial charge in [-0.25, -0.2) is 4.98 Å². The van der Waals surface area contributed by atoms with E-state index >= 15 is 0 Å². The number of hydrogen-bond donors (Lipinski definition) is 0. The summed E-state index contributed by atoms with van der Waals surface area (Å²) in [4.78, 5) is 20.0. The van der Waals surface area contributed by atoms with E-state index in [4.69, 9.17) is 10.2 Å². The van der Waals surface area contributed by atoms with E-state index in [1.807, 2.05) is 53.2 Å². The molecule has 6 heteroatoms. The van der Waals surface area contributed by atoms with Gasteiger partial charge < -0.3 is 0 Å². The molecule has 0 fully saturated rings. The molecule has 4 aromatic rings. The maximum Gasteiger partial charge on any atom is 0.263 e. The van der Waals surface area contributed by atoms with Crippen LogP contribution in [0.3, 0.4) is 0 Å². The van der Waals surface area contributed by atoms with E-state index in [0.29, 0.717) is 30.6 Å². The summed E-state index contributed by atoms with van der Waals surface area (Å²) < 4.78 is 1.72. The molecule has 0 aliphatic carbocycles. The molecule has 0 amide bonds. The van der Waals surface area contributed by atoms with Crippen LogP contribution in [0.4, 0.5) is 0 Å². The van der Waals surface area contributed by atoms with E-state index in [0.717, 1.165) is 20.8 Å². The summed E-state index contributed by atoms with van der Waals surface area (Å²) in [7, 11) is 0. The van der Waals surface area contributed by atoms with E-state index in [1.54, 1.807) is 15.9 Å². The van der Waals surface area contributed by atoms with Crippen molar-refractivity contribution in [1.82, 2.24) is 9.55 Å². The third kappa shape index (κ3) is 2.96. The highest BCUT2D eigenvalue weighted by Gasteiger charge is 2.18. The van der Waals surface area contributed by atoms with Gasteiger partial charge in [-0.2, -0.15) is 5.26 Å². The quantitative estimate of drug-likeness (QED) is 0.452. The van der Waals surface area contributed by atoms with Crippen LogP contribution >= 0.6 is 22.7 Å². The van der Waals surface area contributed by atoms with Gasteiger partial charge in [0.05, 0.1) is 11.5 Å². The van der Waals surface area contributed by atoms with Crippen LogP contribution in [0.15, 0.2) is 58.0 Å². The zero-order valence-corrected chi connectivity index (χ0v) is 15.5. The number of fused-ring (bicyclic) bond motifs is 1. The first-order valence-corrected chi connectivity index (χ1v) is 10.0. The van der Waals surface area contributed by atoms with Crippen LogP contribution in [0.1, 0.15) is 12.8 Å². The average Bonchev–Trinajstić information content (AvgIpc) is 3.33. The summed E-state index contributed by atoms with van der Waals surface area (Å²) in [5.74, 6) is 0.667. The van der Waals surface area contributed by atoms with E-state index in [2.05, 4.69) is 6.07 Å². The smallest absolute Gasteiger partial charge is 0.263 e. The summed E-state index contributed by atoms with van der Waals surface area (Å²) in [6, 6.07) is 15.9. The first-order valence-electron chi connectivity index (χ1n) is 8.28. The lowest BCUT2D eigenvalue weighted by Crippen LogP contribution is -2.23. The molecule has 0 atom stereocenters. The Hall–Kier alpha value is -2.75. The van der Waals surface area contributed by atoms with Crippen molar-refractivity contribution in [2.24, 2.45) is 0 Å². The number of unbranched alkanes of at least 4 members (excludes halogenated alkanes) is 1. The monoisotopic (exact) mass is 377 g/mol. The highest BCUT2D eigenvalue weighted by molar-refractivity contribution is 7.18. The molecule has 128 valence electrons. The number of rotatable bonds is 5. The van der Waals surface area contributed by atoms with E-state index < -0.39 is 0 Å². The van der Waals surface area contributed by atoms with Crippen molar-refractivity contribution in [1.29, 1.82) is 5.26 Å². The third-order valence-corrected chi connectivity index (χ3v) is 5.96. The van der Waals surface area contributed by atoms with Crippen LogP contribution in [0, 0.1) is 11.3 Å². The third-order valence-electron chi connectivity index (χ3n) is 4.18. The van der Waals surface area contributed by atoms with Crippen molar-refractivity contribution in [3.63, 3.8) is 0 Å². The Balaban J connectivity index is 1.95. The molecule has 26 heavy (non-hydrogen) atoms. The summed E-state index contributed by atoms with van der Waals surface area (Å²) in [6.45, 7) is 0.485. The molecule has 3 heterocycles. The normalized spacial score (nSPS) is 10.9. The van der Waals surface area contributed by atoms with Crippen LogP contribution in [-0.4, -0.2) is 9.55 Å². The van der Waals surface area contributed by atoms with Gasteiger partial charge in [-0.3, -0.25) is 9.36 Å². The minimum absolute atomic E-state index is 0.0311. The Morgan fingerprint density at radius 3 is 2.69 bits per heavy atom. The molecule has 4 rings (SSSR count). The number of nitrogens with zero attached hydrogens (tertiary/aromatic N) is 3. The Morgan fingerprint density at radius 2 is 1.96 bits per heavy atom. The Labute approximate surface area is 158 Å². The predicted molar refractivity (Wildman–Crippen MR) is 107 cm³/mol. The number of hydrogen-bond acceptors (Lipinski definition) is 5. The van der Waals surface area contributed by atoms with Gasteiger partial charge in [-0.15, -0.1) is 22.7 Å². The minimum atomic E-state index is -0.0311. The van der Waals surface area contributed by atoms with Gasteiger partial charge in [0, 0.05) is 34.3 Å². The van der Waals surface area contributed by atoms with Crippen LogP contribution in [0.25, 0.3) is 32.0 Å². The SMILES string of the molecule is N#CCCCn1c(-c2ccccc2)nc2scc(-c3cccs3)c2c1=O. The summed E-state index contributed by atoms with van der Waals surface area (Å²) in [6.07, 6.45) is 1.04. The van der Waals surface area contributed by atoms with Gasteiger partial charge >= 0.3 is 0 Å². The molecule has 0 saturated carbocycles. The van der Waals surface area contributed by atoms with E-state index in [1.165, 1.54) is 11.3 Å². The zero-order valence-electron chi connectivity index (χ0n) is 13.9. The molecular formula is C20H15N3OS2. The van der Waals surface area contributed by atoms with Gasteiger partial charge in [0.2, 0.25) is 0 Å². The van der Waals surface area contributed by atoms with Crippen molar-refractivity contribution in [3.8, 4) is 27.9 Å². The second-order valence-electron chi connectivity index (χ2n) is 5.83. The topological polar surface area (TPSA) is 58.7 Å². The lowest BCUT2D eigenvalue weighted by Gasteiger charge is -2.12.